The molecule has 100 valence electrons. The van der Waals surface area contributed by atoms with Crippen molar-refractivity contribution in [2.45, 2.75) is 31.3 Å². The number of thioether (sulfide) groups is 1. The minimum atomic E-state index is 0.00438. The number of hydrogen-bond acceptors (Lipinski definition) is 4. The first-order valence-electron chi connectivity index (χ1n) is 6.63. The van der Waals surface area contributed by atoms with Gasteiger partial charge in [-0.2, -0.15) is 0 Å². The zero-order valence-corrected chi connectivity index (χ0v) is 11.2. The van der Waals surface area contributed by atoms with E-state index in [0.29, 0.717) is 18.4 Å². The highest BCUT2D eigenvalue weighted by Crippen LogP contribution is 2.26. The predicted octanol–water partition coefficient (Wildman–Crippen LogP) is -0.224. The van der Waals surface area contributed by atoms with Crippen molar-refractivity contribution in [3.8, 4) is 0 Å². The number of amides is 2. The van der Waals surface area contributed by atoms with Crippen molar-refractivity contribution in [3.05, 3.63) is 0 Å². The highest BCUT2D eigenvalue weighted by Gasteiger charge is 2.37. The molecule has 0 aromatic heterocycles. The minimum absolute atomic E-state index is 0.00438. The molecule has 2 amide bonds. The predicted molar refractivity (Wildman–Crippen MR) is 70.1 cm³/mol. The fourth-order valence-corrected chi connectivity index (χ4v) is 4.02. The molecule has 3 atom stereocenters. The molecule has 6 heteroatoms. The molecule has 0 bridgehead atoms. The topological polar surface area (TPSA) is 61.4 Å². The van der Waals surface area contributed by atoms with Crippen molar-refractivity contribution in [1.82, 2.24) is 15.5 Å². The molecule has 3 unspecified atom stereocenters. The van der Waals surface area contributed by atoms with Gasteiger partial charge in [0.15, 0.2) is 0 Å². The van der Waals surface area contributed by atoms with Gasteiger partial charge in [0.2, 0.25) is 11.8 Å². The molecule has 0 aromatic rings. The number of piperidine rings is 2. The van der Waals surface area contributed by atoms with Crippen LogP contribution in [-0.4, -0.2) is 53.5 Å². The molecule has 5 nitrogen and oxygen atoms in total. The normalized spacial score (nSPS) is 36.1. The maximum absolute atomic E-state index is 12.3. The van der Waals surface area contributed by atoms with Crippen LogP contribution in [0.2, 0.25) is 0 Å². The van der Waals surface area contributed by atoms with Crippen molar-refractivity contribution >= 4 is 23.6 Å². The molecular weight excluding hydrogens is 250 g/mol. The van der Waals surface area contributed by atoms with Crippen LogP contribution in [0.1, 0.15) is 19.3 Å². The molecule has 0 aliphatic carbocycles. The molecule has 2 N–H and O–H groups in total. The Morgan fingerprint density at radius 2 is 2.28 bits per heavy atom. The summed E-state index contributed by atoms with van der Waals surface area (Å²) in [4.78, 5) is 25.6. The van der Waals surface area contributed by atoms with Crippen LogP contribution in [0.25, 0.3) is 0 Å². The van der Waals surface area contributed by atoms with Crippen molar-refractivity contribution in [3.63, 3.8) is 0 Å². The first-order valence-corrected chi connectivity index (χ1v) is 7.79. The second kappa shape index (κ2) is 5.09. The Kier molecular flexibility index (Phi) is 3.48. The fraction of sp³-hybridized carbons (Fsp3) is 0.833. The Balaban J connectivity index is 1.59. The average Bonchev–Trinajstić information content (AvgIpc) is 2.91. The van der Waals surface area contributed by atoms with Crippen LogP contribution in [0.5, 0.6) is 0 Å². The first-order chi connectivity index (χ1) is 8.74. The Bertz CT molecular complexity index is 357. The summed E-state index contributed by atoms with van der Waals surface area (Å²) in [5, 5.41) is 6.29. The third-order valence-electron chi connectivity index (χ3n) is 4.15. The SMILES string of the molecule is O=C1CCC2CN(C(=O)C3CSCN3)CCC2N1. The number of nitrogens with zero attached hydrogens (tertiary/aromatic N) is 1. The van der Waals surface area contributed by atoms with Crippen LogP contribution in [0.15, 0.2) is 0 Å². The summed E-state index contributed by atoms with van der Waals surface area (Å²) in [5.74, 6) is 2.64. The maximum Gasteiger partial charge on any atom is 0.240 e. The lowest BCUT2D eigenvalue weighted by molar-refractivity contribution is -0.136. The molecule has 3 saturated heterocycles. The van der Waals surface area contributed by atoms with Crippen LogP contribution in [0.3, 0.4) is 0 Å². The van der Waals surface area contributed by atoms with E-state index in [9.17, 15) is 9.59 Å². The second-order valence-corrected chi connectivity index (χ2v) is 6.35. The summed E-state index contributed by atoms with van der Waals surface area (Å²) in [7, 11) is 0. The number of carbonyl (C=O) groups excluding carboxylic acids is 2. The van der Waals surface area contributed by atoms with Gasteiger partial charge in [0.25, 0.3) is 0 Å². The van der Waals surface area contributed by atoms with Crippen LogP contribution in [-0.2, 0) is 9.59 Å². The Morgan fingerprint density at radius 1 is 1.39 bits per heavy atom. The van der Waals surface area contributed by atoms with Gasteiger partial charge >= 0.3 is 0 Å². The molecule has 3 rings (SSSR count). The van der Waals surface area contributed by atoms with Crippen molar-refractivity contribution in [2.75, 3.05) is 24.7 Å². The molecule has 3 heterocycles. The van der Waals surface area contributed by atoms with E-state index < -0.39 is 0 Å². The van der Waals surface area contributed by atoms with E-state index in [1.54, 1.807) is 11.8 Å². The van der Waals surface area contributed by atoms with E-state index in [1.807, 2.05) is 4.90 Å². The Labute approximate surface area is 111 Å². The van der Waals surface area contributed by atoms with E-state index in [1.165, 1.54) is 0 Å². The molecule has 0 aromatic carbocycles. The van der Waals surface area contributed by atoms with E-state index in [2.05, 4.69) is 10.6 Å². The van der Waals surface area contributed by atoms with Gasteiger partial charge in [-0.25, -0.2) is 0 Å². The average molecular weight is 269 g/mol. The summed E-state index contributed by atoms with van der Waals surface area (Å²) in [6, 6.07) is 0.297. The lowest BCUT2D eigenvalue weighted by Gasteiger charge is -2.42. The summed E-state index contributed by atoms with van der Waals surface area (Å²) in [6.07, 6.45) is 2.44. The van der Waals surface area contributed by atoms with Gasteiger partial charge in [-0.05, 0) is 18.8 Å². The van der Waals surface area contributed by atoms with Crippen LogP contribution < -0.4 is 10.6 Å². The third-order valence-corrected chi connectivity index (χ3v) is 5.09. The first kappa shape index (κ1) is 12.3. The zero-order valence-electron chi connectivity index (χ0n) is 10.4. The lowest BCUT2D eigenvalue weighted by Crippen LogP contribution is -2.57. The van der Waals surface area contributed by atoms with Crippen molar-refractivity contribution in [2.24, 2.45) is 5.92 Å². The van der Waals surface area contributed by atoms with Gasteiger partial charge in [0.1, 0.15) is 0 Å². The van der Waals surface area contributed by atoms with Crippen molar-refractivity contribution < 1.29 is 9.59 Å². The summed E-state index contributed by atoms with van der Waals surface area (Å²) < 4.78 is 0. The monoisotopic (exact) mass is 269 g/mol. The minimum Gasteiger partial charge on any atom is -0.353 e. The van der Waals surface area contributed by atoms with Gasteiger partial charge < -0.3 is 10.2 Å². The standard InChI is InChI=1S/C12H19N3O2S/c16-11-2-1-8-5-15(4-3-9(8)14-11)12(17)10-6-18-7-13-10/h8-10,13H,1-7H2,(H,14,16). The highest BCUT2D eigenvalue weighted by atomic mass is 32.2. The van der Waals surface area contributed by atoms with Gasteiger partial charge in [-0.1, -0.05) is 0 Å². The number of carbonyl (C=O) groups is 2. The van der Waals surface area contributed by atoms with Crippen LogP contribution in [0.4, 0.5) is 0 Å². The molecular formula is C12H19N3O2S. The molecule has 3 aliphatic heterocycles. The highest BCUT2D eigenvalue weighted by molar-refractivity contribution is 7.99. The Hall–Kier alpha value is -0.750. The van der Waals surface area contributed by atoms with Crippen LogP contribution in [0, 0.1) is 5.92 Å². The summed E-state index contributed by atoms with van der Waals surface area (Å²) in [5.41, 5.74) is 0. The van der Waals surface area contributed by atoms with Gasteiger partial charge in [0, 0.05) is 37.2 Å². The second-order valence-electron chi connectivity index (χ2n) is 5.32. The number of hydrogen-bond donors (Lipinski definition) is 2. The van der Waals surface area contributed by atoms with E-state index in [0.717, 1.165) is 37.6 Å². The number of nitrogens with one attached hydrogen (secondary N) is 2. The molecule has 0 saturated carbocycles. The molecule has 3 fully saturated rings. The number of likely N-dealkylation sites (tertiary alicyclic amines) is 1. The van der Waals surface area contributed by atoms with Gasteiger partial charge in [-0.3, -0.25) is 14.9 Å². The van der Waals surface area contributed by atoms with E-state index in [4.69, 9.17) is 0 Å². The van der Waals surface area contributed by atoms with E-state index >= 15 is 0 Å². The zero-order chi connectivity index (χ0) is 12.5. The third kappa shape index (κ3) is 2.36. The Morgan fingerprint density at radius 3 is 3.06 bits per heavy atom. The molecule has 0 spiro atoms. The van der Waals surface area contributed by atoms with E-state index in [-0.39, 0.29) is 17.9 Å². The molecule has 18 heavy (non-hydrogen) atoms. The van der Waals surface area contributed by atoms with Crippen LogP contribution >= 0.6 is 11.8 Å². The number of rotatable bonds is 1. The van der Waals surface area contributed by atoms with Gasteiger partial charge in [-0.15, -0.1) is 11.8 Å². The summed E-state index contributed by atoms with van der Waals surface area (Å²) in [6.45, 7) is 1.59. The molecule has 3 aliphatic rings. The smallest absolute Gasteiger partial charge is 0.240 e. The summed E-state index contributed by atoms with van der Waals surface area (Å²) >= 11 is 1.78. The van der Waals surface area contributed by atoms with Gasteiger partial charge in [0.05, 0.1) is 6.04 Å². The quantitative estimate of drug-likeness (QED) is 0.691. The number of fused-ring (bicyclic) bond motifs is 1. The fourth-order valence-electron chi connectivity index (χ4n) is 3.08. The largest absolute Gasteiger partial charge is 0.353 e. The maximum atomic E-state index is 12.3. The lowest BCUT2D eigenvalue weighted by atomic mass is 9.85. The van der Waals surface area contributed by atoms with Crippen molar-refractivity contribution in [1.29, 1.82) is 0 Å². The molecule has 0 radical (unpaired) electrons.